The van der Waals surface area contributed by atoms with Crippen LogP contribution in [0.2, 0.25) is 0 Å². The standard InChI is InChI=1S/C30H37N3O7S2/c1-4-12-33(13-5-2)22-9-8-19-14-21(7-6-20(19)15-22)25-11-10-24(41-25)18(3)26(16-31)42(38,39)32-27-29(36)28(35)23(17-34)40-30(27)37/h6-11,14-15,23,27-30,32,34-37H,4-5,12-13,17H2,1-3H3/b26-18+/t23-,27-,28-,29-,30?/m1/s1. The molecule has 1 unspecified atom stereocenters. The van der Waals surface area contributed by atoms with Crippen molar-refractivity contribution in [2.75, 3.05) is 24.6 Å². The summed E-state index contributed by atoms with van der Waals surface area (Å²) in [7, 11) is -4.54. The maximum Gasteiger partial charge on any atom is 0.251 e. The largest absolute Gasteiger partial charge is 0.394 e. The summed E-state index contributed by atoms with van der Waals surface area (Å²) in [6.45, 7) is 7.17. The van der Waals surface area contributed by atoms with Crippen LogP contribution in [-0.2, 0) is 14.8 Å². The summed E-state index contributed by atoms with van der Waals surface area (Å²) in [6.07, 6.45) is -4.43. The van der Waals surface area contributed by atoms with Crippen molar-refractivity contribution < 1.29 is 33.6 Å². The molecule has 12 heteroatoms. The van der Waals surface area contributed by atoms with Gasteiger partial charge in [0.15, 0.2) is 11.2 Å². The third-order valence-corrected chi connectivity index (χ3v) is 10.1. The van der Waals surface area contributed by atoms with E-state index in [1.165, 1.54) is 23.9 Å². The number of ether oxygens (including phenoxy) is 1. The number of hydrogen-bond acceptors (Lipinski definition) is 10. The molecule has 1 fully saturated rings. The number of fused-ring (bicyclic) bond motifs is 1. The maximum absolute atomic E-state index is 13.2. The van der Waals surface area contributed by atoms with Crippen LogP contribution >= 0.6 is 11.3 Å². The highest BCUT2D eigenvalue weighted by molar-refractivity contribution is 7.93. The van der Waals surface area contributed by atoms with Gasteiger partial charge in [0.2, 0.25) is 0 Å². The van der Waals surface area contributed by atoms with Gasteiger partial charge in [-0.15, -0.1) is 11.3 Å². The first-order chi connectivity index (χ1) is 20.0. The number of anilines is 1. The lowest BCUT2D eigenvalue weighted by atomic mass is 9.98. The van der Waals surface area contributed by atoms with Gasteiger partial charge in [0.25, 0.3) is 10.0 Å². The number of aliphatic hydroxyl groups is 4. The molecule has 5 atom stereocenters. The van der Waals surface area contributed by atoms with Gasteiger partial charge in [-0.2, -0.15) is 9.98 Å². The zero-order chi connectivity index (χ0) is 30.6. The van der Waals surface area contributed by atoms with Crippen LogP contribution in [0.15, 0.2) is 53.4 Å². The van der Waals surface area contributed by atoms with E-state index < -0.39 is 52.2 Å². The Balaban J connectivity index is 1.59. The Morgan fingerprint density at radius 2 is 1.69 bits per heavy atom. The molecule has 0 saturated carbocycles. The van der Waals surface area contributed by atoms with Gasteiger partial charge in [0, 0.05) is 28.5 Å². The van der Waals surface area contributed by atoms with E-state index in [0.29, 0.717) is 4.88 Å². The Labute approximate surface area is 250 Å². The second-order valence-electron chi connectivity index (χ2n) is 10.3. The van der Waals surface area contributed by atoms with E-state index in [1.807, 2.05) is 12.1 Å². The molecule has 3 aromatic rings. The Kier molecular flexibility index (Phi) is 10.4. The SMILES string of the molecule is CCCN(CCC)c1ccc2cc(-c3ccc(/C(C)=C(\C#N)S(=O)(=O)N[C@H]4C(O)O[C@H](CO)[C@@H](O)[C@@H]4O)s3)ccc2c1. The van der Waals surface area contributed by atoms with Gasteiger partial charge < -0.3 is 30.1 Å². The molecule has 0 radical (unpaired) electrons. The van der Waals surface area contributed by atoms with Gasteiger partial charge in [-0.05, 0) is 72.0 Å². The summed E-state index contributed by atoms with van der Waals surface area (Å²) in [5.74, 6) is 0. The van der Waals surface area contributed by atoms with Crippen LogP contribution in [0.5, 0.6) is 0 Å². The lowest BCUT2D eigenvalue weighted by Crippen LogP contribution is -2.64. The van der Waals surface area contributed by atoms with Gasteiger partial charge in [0.05, 0.1) is 6.61 Å². The summed E-state index contributed by atoms with van der Waals surface area (Å²) >= 11 is 1.33. The van der Waals surface area contributed by atoms with Crippen LogP contribution in [0.3, 0.4) is 0 Å². The van der Waals surface area contributed by atoms with Crippen molar-refractivity contribution in [3.8, 4) is 16.5 Å². The van der Waals surface area contributed by atoms with Gasteiger partial charge >= 0.3 is 0 Å². The number of nitrogens with one attached hydrogen (secondary N) is 1. The molecule has 42 heavy (non-hydrogen) atoms. The van der Waals surface area contributed by atoms with E-state index in [-0.39, 0.29) is 5.57 Å². The molecule has 226 valence electrons. The third kappa shape index (κ3) is 6.69. The number of benzene rings is 2. The fraction of sp³-hybridized carbons (Fsp3) is 0.433. The van der Waals surface area contributed by atoms with Crippen molar-refractivity contribution in [2.24, 2.45) is 0 Å². The highest BCUT2D eigenvalue weighted by Gasteiger charge is 2.45. The zero-order valence-electron chi connectivity index (χ0n) is 23.8. The molecule has 1 saturated heterocycles. The number of aliphatic hydroxyl groups excluding tert-OH is 4. The predicted octanol–water partition coefficient (Wildman–Crippen LogP) is 3.17. The topological polar surface area (TPSA) is 163 Å². The van der Waals surface area contributed by atoms with Crippen molar-refractivity contribution in [3.05, 3.63) is 58.3 Å². The molecular weight excluding hydrogens is 578 g/mol. The highest BCUT2D eigenvalue weighted by Crippen LogP contribution is 2.36. The second kappa shape index (κ2) is 13.6. The molecule has 0 spiro atoms. The summed E-state index contributed by atoms with van der Waals surface area (Å²) < 4.78 is 33.5. The number of sulfonamides is 1. The Morgan fingerprint density at radius 1 is 1.02 bits per heavy atom. The molecule has 5 N–H and O–H groups in total. The number of nitrogens with zero attached hydrogens (tertiary/aromatic N) is 2. The number of hydrogen-bond donors (Lipinski definition) is 5. The monoisotopic (exact) mass is 615 g/mol. The minimum absolute atomic E-state index is 0.188. The first-order valence-electron chi connectivity index (χ1n) is 13.9. The highest BCUT2D eigenvalue weighted by atomic mass is 32.2. The Hall–Kier alpha value is -2.86. The summed E-state index contributed by atoms with van der Waals surface area (Å²) in [4.78, 5) is 3.24. The van der Waals surface area contributed by atoms with E-state index in [1.54, 1.807) is 12.1 Å². The fourth-order valence-corrected chi connectivity index (χ4v) is 7.55. The van der Waals surface area contributed by atoms with Crippen molar-refractivity contribution in [3.63, 3.8) is 0 Å². The summed E-state index contributed by atoms with van der Waals surface area (Å²) in [5.41, 5.74) is 2.34. The minimum atomic E-state index is -4.54. The number of nitriles is 1. The van der Waals surface area contributed by atoms with E-state index in [4.69, 9.17) is 4.74 Å². The van der Waals surface area contributed by atoms with Crippen LogP contribution in [-0.4, -0.2) is 79.2 Å². The Morgan fingerprint density at radius 3 is 2.33 bits per heavy atom. The second-order valence-corrected chi connectivity index (χ2v) is 13.1. The molecule has 0 aliphatic carbocycles. The smallest absolute Gasteiger partial charge is 0.251 e. The first-order valence-corrected chi connectivity index (χ1v) is 16.2. The molecule has 1 aliphatic heterocycles. The van der Waals surface area contributed by atoms with E-state index >= 15 is 0 Å². The van der Waals surface area contributed by atoms with Crippen LogP contribution in [0.1, 0.15) is 38.5 Å². The first kappa shape index (κ1) is 32.1. The number of thiophene rings is 1. The van der Waals surface area contributed by atoms with Crippen molar-refractivity contribution in [1.82, 2.24) is 4.72 Å². The van der Waals surface area contributed by atoms with E-state index in [9.17, 15) is 34.1 Å². The molecule has 2 aromatic carbocycles. The fourth-order valence-electron chi connectivity index (χ4n) is 5.11. The third-order valence-electron chi connectivity index (χ3n) is 7.34. The number of rotatable bonds is 11. The van der Waals surface area contributed by atoms with E-state index in [2.05, 4.69) is 53.8 Å². The minimum Gasteiger partial charge on any atom is -0.394 e. The van der Waals surface area contributed by atoms with Gasteiger partial charge in [-0.3, -0.25) is 0 Å². The number of allylic oxidation sites excluding steroid dienone is 2. The quantitative estimate of drug-likeness (QED) is 0.204. The average Bonchev–Trinajstić information content (AvgIpc) is 3.47. The van der Waals surface area contributed by atoms with Gasteiger partial charge in [-0.1, -0.05) is 32.0 Å². The molecule has 4 rings (SSSR count). The van der Waals surface area contributed by atoms with Crippen LogP contribution in [0.4, 0.5) is 5.69 Å². The van der Waals surface area contributed by atoms with Crippen molar-refractivity contribution >= 4 is 43.4 Å². The van der Waals surface area contributed by atoms with Crippen LogP contribution in [0, 0.1) is 11.3 Å². The van der Waals surface area contributed by atoms with Crippen LogP contribution in [0.25, 0.3) is 26.8 Å². The van der Waals surface area contributed by atoms with Crippen molar-refractivity contribution in [1.29, 1.82) is 5.26 Å². The van der Waals surface area contributed by atoms with Crippen molar-refractivity contribution in [2.45, 2.75) is 64.3 Å². The zero-order valence-corrected chi connectivity index (χ0v) is 25.4. The van der Waals surface area contributed by atoms with E-state index in [0.717, 1.165) is 47.1 Å². The molecule has 1 aromatic heterocycles. The molecule has 0 amide bonds. The van der Waals surface area contributed by atoms with Crippen LogP contribution < -0.4 is 9.62 Å². The molecule has 10 nitrogen and oxygen atoms in total. The average molecular weight is 616 g/mol. The molecular formula is C30H37N3O7S2. The maximum atomic E-state index is 13.2. The lowest BCUT2D eigenvalue weighted by molar-refractivity contribution is -0.251. The lowest BCUT2D eigenvalue weighted by Gasteiger charge is -2.40. The van der Waals surface area contributed by atoms with Gasteiger partial charge in [0.1, 0.15) is 30.4 Å². The molecule has 2 heterocycles. The Bertz CT molecular complexity index is 1570. The predicted molar refractivity (Wildman–Crippen MR) is 164 cm³/mol. The summed E-state index contributed by atoms with van der Waals surface area (Å²) in [6, 6.07) is 16.3. The molecule has 0 bridgehead atoms. The molecule has 1 aliphatic rings. The van der Waals surface area contributed by atoms with Gasteiger partial charge in [-0.25, -0.2) is 8.42 Å². The summed E-state index contributed by atoms with van der Waals surface area (Å²) in [5, 5.41) is 51.9. The normalized spacial score (nSPS) is 23.4.